The highest BCUT2D eigenvalue weighted by Crippen LogP contribution is 2.14. The third kappa shape index (κ3) is 2.12. The molecule has 0 bridgehead atoms. The zero-order valence-electron chi connectivity index (χ0n) is 9.64. The number of hydrogen-bond donors (Lipinski definition) is 1. The van der Waals surface area contributed by atoms with Crippen LogP contribution in [0.15, 0.2) is 24.5 Å². The molecule has 4 heteroatoms. The summed E-state index contributed by atoms with van der Waals surface area (Å²) in [7, 11) is 0. The zero-order valence-corrected chi connectivity index (χ0v) is 9.64. The van der Waals surface area contributed by atoms with E-state index in [1.807, 2.05) is 4.68 Å². The monoisotopic (exact) mass is 216 g/mol. The smallest absolute Gasteiger partial charge is 0.164 e. The van der Waals surface area contributed by atoms with Crippen molar-refractivity contribution in [3.63, 3.8) is 0 Å². The Morgan fingerprint density at radius 1 is 1.25 bits per heavy atom. The van der Waals surface area contributed by atoms with Gasteiger partial charge in [-0.3, -0.25) is 0 Å². The van der Waals surface area contributed by atoms with Crippen LogP contribution < -0.4 is 5.73 Å². The summed E-state index contributed by atoms with van der Waals surface area (Å²) in [5, 5.41) is 4.29. The molecule has 0 aliphatic rings. The lowest BCUT2D eigenvalue weighted by Crippen LogP contribution is -2.06. The van der Waals surface area contributed by atoms with Crippen LogP contribution in [-0.2, 0) is 13.1 Å². The molecule has 0 saturated carbocycles. The molecule has 0 radical (unpaired) electrons. The van der Waals surface area contributed by atoms with Crippen molar-refractivity contribution in [3.05, 3.63) is 47.0 Å². The molecule has 0 amide bonds. The summed E-state index contributed by atoms with van der Waals surface area (Å²) in [6.45, 7) is 5.37. The Hall–Kier alpha value is -1.68. The lowest BCUT2D eigenvalue weighted by Gasteiger charge is -2.08. The summed E-state index contributed by atoms with van der Waals surface area (Å²) in [4.78, 5) is 4.12. The van der Waals surface area contributed by atoms with E-state index in [9.17, 15) is 0 Å². The summed E-state index contributed by atoms with van der Waals surface area (Å²) in [6.07, 6.45) is 1.73. The average Bonchev–Trinajstić information content (AvgIpc) is 2.71. The van der Waals surface area contributed by atoms with Crippen molar-refractivity contribution in [2.45, 2.75) is 26.9 Å². The first-order chi connectivity index (χ1) is 7.70. The van der Waals surface area contributed by atoms with Crippen molar-refractivity contribution < 1.29 is 0 Å². The highest BCUT2D eigenvalue weighted by molar-refractivity contribution is 5.33. The van der Waals surface area contributed by atoms with E-state index in [2.05, 4.69) is 42.1 Å². The van der Waals surface area contributed by atoms with Crippen molar-refractivity contribution in [1.29, 1.82) is 0 Å². The van der Waals surface area contributed by atoms with Gasteiger partial charge in [-0.1, -0.05) is 18.2 Å². The van der Waals surface area contributed by atoms with Crippen molar-refractivity contribution in [3.8, 4) is 0 Å². The van der Waals surface area contributed by atoms with Gasteiger partial charge in [-0.25, -0.2) is 9.67 Å². The lowest BCUT2D eigenvalue weighted by molar-refractivity contribution is 0.666. The van der Waals surface area contributed by atoms with Crippen LogP contribution in [0, 0.1) is 13.8 Å². The molecular weight excluding hydrogens is 200 g/mol. The van der Waals surface area contributed by atoms with Crippen molar-refractivity contribution in [2.24, 2.45) is 5.73 Å². The molecule has 0 atom stereocenters. The number of hydrogen-bond acceptors (Lipinski definition) is 3. The van der Waals surface area contributed by atoms with Gasteiger partial charge in [0.2, 0.25) is 0 Å². The lowest BCUT2D eigenvalue weighted by atomic mass is 10.0. The number of aromatic nitrogens is 3. The van der Waals surface area contributed by atoms with E-state index in [0.29, 0.717) is 12.4 Å². The number of nitrogens with two attached hydrogens (primary N) is 1. The van der Waals surface area contributed by atoms with E-state index in [1.165, 1.54) is 16.7 Å². The molecule has 1 heterocycles. The van der Waals surface area contributed by atoms with Crippen molar-refractivity contribution >= 4 is 0 Å². The SMILES string of the molecule is Cc1cccc(C)c1Cn1cnc(CN)n1. The summed E-state index contributed by atoms with van der Waals surface area (Å²) < 4.78 is 1.83. The molecule has 0 saturated heterocycles. The van der Waals surface area contributed by atoms with Crippen LogP contribution in [0.2, 0.25) is 0 Å². The van der Waals surface area contributed by atoms with E-state index in [4.69, 9.17) is 5.73 Å². The maximum atomic E-state index is 5.48. The van der Waals surface area contributed by atoms with Gasteiger partial charge in [0, 0.05) is 0 Å². The summed E-state index contributed by atoms with van der Waals surface area (Å²) in [6, 6.07) is 6.30. The first-order valence-electron chi connectivity index (χ1n) is 5.34. The second-order valence-corrected chi connectivity index (χ2v) is 3.93. The Labute approximate surface area is 95.1 Å². The Kier molecular flexibility index (Phi) is 3.01. The third-order valence-electron chi connectivity index (χ3n) is 2.73. The van der Waals surface area contributed by atoms with Crippen LogP contribution in [-0.4, -0.2) is 14.8 Å². The van der Waals surface area contributed by atoms with Gasteiger partial charge >= 0.3 is 0 Å². The Morgan fingerprint density at radius 3 is 2.50 bits per heavy atom. The molecule has 2 aromatic rings. The minimum absolute atomic E-state index is 0.389. The highest BCUT2D eigenvalue weighted by Gasteiger charge is 2.04. The van der Waals surface area contributed by atoms with E-state index < -0.39 is 0 Å². The quantitative estimate of drug-likeness (QED) is 0.843. The number of aryl methyl sites for hydroxylation is 2. The van der Waals surface area contributed by atoms with Crippen LogP contribution in [0.5, 0.6) is 0 Å². The second kappa shape index (κ2) is 4.45. The van der Waals surface area contributed by atoms with Gasteiger partial charge in [-0.05, 0) is 30.5 Å². The van der Waals surface area contributed by atoms with E-state index in [-0.39, 0.29) is 0 Å². The van der Waals surface area contributed by atoms with Gasteiger partial charge < -0.3 is 5.73 Å². The molecule has 4 nitrogen and oxygen atoms in total. The molecular formula is C12H16N4. The molecule has 1 aromatic carbocycles. The normalized spacial score (nSPS) is 10.7. The number of benzene rings is 1. The molecule has 0 aliphatic heterocycles. The van der Waals surface area contributed by atoms with E-state index >= 15 is 0 Å². The largest absolute Gasteiger partial charge is 0.324 e. The summed E-state index contributed by atoms with van der Waals surface area (Å²) >= 11 is 0. The fourth-order valence-electron chi connectivity index (χ4n) is 1.76. The molecule has 2 rings (SSSR count). The van der Waals surface area contributed by atoms with E-state index in [0.717, 1.165) is 6.54 Å². The maximum absolute atomic E-state index is 5.48. The molecule has 0 unspecified atom stereocenters. The fraction of sp³-hybridized carbons (Fsp3) is 0.333. The maximum Gasteiger partial charge on any atom is 0.164 e. The molecule has 16 heavy (non-hydrogen) atoms. The Morgan fingerprint density at radius 2 is 1.94 bits per heavy atom. The predicted octanol–water partition coefficient (Wildman–Crippen LogP) is 1.40. The third-order valence-corrected chi connectivity index (χ3v) is 2.73. The van der Waals surface area contributed by atoms with Gasteiger partial charge in [0.1, 0.15) is 6.33 Å². The highest BCUT2D eigenvalue weighted by atomic mass is 15.3. The van der Waals surface area contributed by atoms with Crippen LogP contribution in [0.1, 0.15) is 22.5 Å². The van der Waals surface area contributed by atoms with Gasteiger partial charge in [0.25, 0.3) is 0 Å². The van der Waals surface area contributed by atoms with E-state index in [1.54, 1.807) is 6.33 Å². The molecule has 1 aromatic heterocycles. The Bertz CT molecular complexity index is 467. The van der Waals surface area contributed by atoms with Crippen LogP contribution in [0.25, 0.3) is 0 Å². The van der Waals surface area contributed by atoms with Crippen molar-refractivity contribution in [2.75, 3.05) is 0 Å². The Balaban J connectivity index is 2.26. The second-order valence-electron chi connectivity index (χ2n) is 3.93. The molecule has 2 N–H and O–H groups in total. The molecule has 0 fully saturated rings. The van der Waals surface area contributed by atoms with Crippen molar-refractivity contribution in [1.82, 2.24) is 14.8 Å². The van der Waals surface area contributed by atoms with Gasteiger partial charge in [0.05, 0.1) is 13.1 Å². The van der Waals surface area contributed by atoms with Gasteiger partial charge in [-0.2, -0.15) is 5.10 Å². The topological polar surface area (TPSA) is 56.7 Å². The van der Waals surface area contributed by atoms with Crippen LogP contribution in [0.3, 0.4) is 0 Å². The molecule has 84 valence electrons. The molecule has 0 aliphatic carbocycles. The van der Waals surface area contributed by atoms with Crippen LogP contribution in [0.4, 0.5) is 0 Å². The van der Waals surface area contributed by atoms with Gasteiger partial charge in [-0.15, -0.1) is 0 Å². The average molecular weight is 216 g/mol. The minimum atomic E-state index is 0.389. The first-order valence-corrected chi connectivity index (χ1v) is 5.34. The first kappa shape index (κ1) is 10.8. The predicted molar refractivity (Wildman–Crippen MR) is 62.9 cm³/mol. The minimum Gasteiger partial charge on any atom is -0.324 e. The zero-order chi connectivity index (χ0) is 11.5. The van der Waals surface area contributed by atoms with Gasteiger partial charge in [0.15, 0.2) is 5.82 Å². The summed E-state index contributed by atoms with van der Waals surface area (Å²) in [5.74, 6) is 0.686. The standard InChI is InChI=1S/C12H16N4/c1-9-4-3-5-10(2)11(9)7-16-8-14-12(6-13)15-16/h3-5,8H,6-7,13H2,1-2H3. The number of nitrogens with zero attached hydrogens (tertiary/aromatic N) is 3. The number of rotatable bonds is 3. The fourth-order valence-corrected chi connectivity index (χ4v) is 1.76. The van der Waals surface area contributed by atoms with Crippen LogP contribution >= 0.6 is 0 Å². The summed E-state index contributed by atoms with van der Waals surface area (Å²) in [5.41, 5.74) is 9.34. The molecule has 0 spiro atoms.